The van der Waals surface area contributed by atoms with Crippen molar-refractivity contribution in [3.63, 3.8) is 0 Å². The number of hydrazone groups is 1. The van der Waals surface area contributed by atoms with Gasteiger partial charge in [0, 0.05) is 37.7 Å². The van der Waals surface area contributed by atoms with E-state index in [4.69, 9.17) is 9.47 Å². The standard InChI is InChI=1S/C25H33N3O2/c1-3-5-15-30-23-12-11-20(16-24(23)29-4-2)25-21-18-28(14-13-22(21)26-27-25)17-19-9-7-6-8-10-19/h6-12,16,21,25,27H,3-5,13-15,17-18H2,1-2H3. The lowest BCUT2D eigenvalue weighted by Crippen LogP contribution is -2.41. The van der Waals surface area contributed by atoms with Gasteiger partial charge in [-0.15, -0.1) is 0 Å². The monoisotopic (exact) mass is 407 g/mol. The average Bonchev–Trinajstić information content (AvgIpc) is 3.19. The number of unbranched alkanes of at least 4 members (excludes halogenated alkanes) is 1. The number of ether oxygens (including phenoxy) is 2. The number of benzene rings is 2. The summed E-state index contributed by atoms with van der Waals surface area (Å²) in [4.78, 5) is 2.55. The third kappa shape index (κ3) is 4.78. The van der Waals surface area contributed by atoms with Crippen LogP contribution in [0, 0.1) is 5.92 Å². The van der Waals surface area contributed by atoms with Crippen LogP contribution in [0.1, 0.15) is 50.3 Å². The van der Waals surface area contributed by atoms with E-state index in [1.54, 1.807) is 0 Å². The molecule has 2 aromatic carbocycles. The summed E-state index contributed by atoms with van der Waals surface area (Å²) in [7, 11) is 0. The van der Waals surface area contributed by atoms with E-state index < -0.39 is 0 Å². The molecule has 0 amide bonds. The fourth-order valence-corrected chi connectivity index (χ4v) is 4.34. The van der Waals surface area contributed by atoms with Crippen molar-refractivity contribution in [3.8, 4) is 11.5 Å². The van der Waals surface area contributed by atoms with Crippen molar-refractivity contribution < 1.29 is 9.47 Å². The van der Waals surface area contributed by atoms with Gasteiger partial charge in [0.25, 0.3) is 0 Å². The highest BCUT2D eigenvalue weighted by Crippen LogP contribution is 2.37. The first-order valence-electron chi connectivity index (χ1n) is 11.3. The van der Waals surface area contributed by atoms with Crippen LogP contribution in [0.4, 0.5) is 0 Å². The molecule has 5 heteroatoms. The van der Waals surface area contributed by atoms with E-state index in [-0.39, 0.29) is 6.04 Å². The Hall–Kier alpha value is -2.53. The molecule has 0 spiro atoms. The average molecular weight is 408 g/mol. The molecule has 2 aromatic rings. The second-order valence-corrected chi connectivity index (χ2v) is 8.13. The van der Waals surface area contributed by atoms with Crippen LogP contribution >= 0.6 is 0 Å². The zero-order chi connectivity index (χ0) is 20.8. The Morgan fingerprint density at radius 1 is 1.07 bits per heavy atom. The largest absolute Gasteiger partial charge is 0.490 e. The number of rotatable bonds is 9. The van der Waals surface area contributed by atoms with Crippen molar-refractivity contribution in [2.24, 2.45) is 11.0 Å². The van der Waals surface area contributed by atoms with Crippen molar-refractivity contribution in [2.75, 3.05) is 26.3 Å². The molecule has 5 nitrogen and oxygen atoms in total. The van der Waals surface area contributed by atoms with Crippen molar-refractivity contribution in [2.45, 2.75) is 45.7 Å². The maximum Gasteiger partial charge on any atom is 0.161 e. The first-order valence-corrected chi connectivity index (χ1v) is 11.3. The lowest BCUT2D eigenvalue weighted by molar-refractivity contribution is 0.220. The smallest absolute Gasteiger partial charge is 0.161 e. The van der Waals surface area contributed by atoms with Crippen LogP contribution in [-0.4, -0.2) is 36.9 Å². The molecule has 2 aliphatic heterocycles. The summed E-state index contributed by atoms with van der Waals surface area (Å²) in [6.45, 7) is 8.61. The number of hydrogen-bond donors (Lipinski definition) is 1. The van der Waals surface area contributed by atoms with E-state index >= 15 is 0 Å². The Bertz CT molecular complexity index is 853. The van der Waals surface area contributed by atoms with Crippen LogP contribution in [0.3, 0.4) is 0 Å². The van der Waals surface area contributed by atoms with E-state index in [0.717, 1.165) is 57.0 Å². The minimum absolute atomic E-state index is 0.183. The van der Waals surface area contributed by atoms with Crippen LogP contribution in [0.15, 0.2) is 53.6 Å². The Balaban J connectivity index is 1.47. The minimum atomic E-state index is 0.183. The van der Waals surface area contributed by atoms with Gasteiger partial charge >= 0.3 is 0 Å². The summed E-state index contributed by atoms with van der Waals surface area (Å²) in [5.41, 5.74) is 7.28. The molecule has 0 radical (unpaired) electrons. The minimum Gasteiger partial charge on any atom is -0.490 e. The Morgan fingerprint density at radius 3 is 2.73 bits per heavy atom. The molecule has 0 aromatic heterocycles. The quantitative estimate of drug-likeness (QED) is 0.607. The molecule has 4 rings (SSSR count). The third-order valence-corrected chi connectivity index (χ3v) is 5.95. The molecule has 0 aliphatic carbocycles. The molecule has 1 saturated heterocycles. The SMILES string of the molecule is CCCCOc1ccc(C2NN=C3CCN(Cc4ccccc4)CC32)cc1OCC. The molecular formula is C25H33N3O2. The number of piperidine rings is 1. The zero-order valence-corrected chi connectivity index (χ0v) is 18.1. The molecule has 2 atom stereocenters. The first kappa shape index (κ1) is 20.7. The third-order valence-electron chi connectivity index (χ3n) is 5.95. The summed E-state index contributed by atoms with van der Waals surface area (Å²) < 4.78 is 11.9. The van der Waals surface area contributed by atoms with E-state index in [1.807, 2.05) is 6.92 Å². The number of nitrogens with one attached hydrogen (secondary N) is 1. The predicted molar refractivity (Wildman–Crippen MR) is 121 cm³/mol. The number of fused-ring (bicyclic) bond motifs is 1. The van der Waals surface area contributed by atoms with Gasteiger partial charge in [0.15, 0.2) is 11.5 Å². The predicted octanol–water partition coefficient (Wildman–Crippen LogP) is 4.79. The summed E-state index contributed by atoms with van der Waals surface area (Å²) in [5, 5.41) is 4.68. The maximum atomic E-state index is 5.96. The van der Waals surface area contributed by atoms with Gasteiger partial charge in [0.05, 0.1) is 19.3 Å². The van der Waals surface area contributed by atoms with Crippen molar-refractivity contribution >= 4 is 5.71 Å². The lowest BCUT2D eigenvalue weighted by atomic mass is 9.86. The molecular weight excluding hydrogens is 374 g/mol. The van der Waals surface area contributed by atoms with Crippen molar-refractivity contribution in [1.82, 2.24) is 10.3 Å². The van der Waals surface area contributed by atoms with Crippen LogP contribution < -0.4 is 14.9 Å². The molecule has 2 unspecified atom stereocenters. The van der Waals surface area contributed by atoms with Gasteiger partial charge in [-0.25, -0.2) is 0 Å². The van der Waals surface area contributed by atoms with Crippen LogP contribution in [0.2, 0.25) is 0 Å². The Morgan fingerprint density at radius 2 is 1.93 bits per heavy atom. The normalized spacial score (nSPS) is 20.9. The first-order chi connectivity index (χ1) is 14.8. The molecule has 1 fully saturated rings. The number of likely N-dealkylation sites (tertiary alicyclic amines) is 1. The van der Waals surface area contributed by atoms with Crippen LogP contribution in [-0.2, 0) is 6.54 Å². The summed E-state index contributed by atoms with van der Waals surface area (Å²) in [6.07, 6.45) is 3.20. The fourth-order valence-electron chi connectivity index (χ4n) is 4.34. The molecule has 2 aliphatic rings. The molecule has 2 heterocycles. The van der Waals surface area contributed by atoms with Gasteiger partial charge in [-0.3, -0.25) is 4.90 Å². The highest BCUT2D eigenvalue weighted by Gasteiger charge is 2.37. The molecule has 160 valence electrons. The summed E-state index contributed by atoms with van der Waals surface area (Å²) in [6, 6.07) is 17.3. The maximum absolute atomic E-state index is 5.96. The van der Waals surface area contributed by atoms with Gasteiger partial charge in [0.2, 0.25) is 0 Å². The number of hydrogen-bond acceptors (Lipinski definition) is 5. The summed E-state index contributed by atoms with van der Waals surface area (Å²) >= 11 is 0. The molecule has 30 heavy (non-hydrogen) atoms. The van der Waals surface area contributed by atoms with Gasteiger partial charge in [-0.2, -0.15) is 5.10 Å². The highest BCUT2D eigenvalue weighted by atomic mass is 16.5. The van der Waals surface area contributed by atoms with E-state index in [0.29, 0.717) is 12.5 Å². The number of nitrogens with zero attached hydrogens (tertiary/aromatic N) is 2. The van der Waals surface area contributed by atoms with Crippen molar-refractivity contribution in [1.29, 1.82) is 0 Å². The van der Waals surface area contributed by atoms with Gasteiger partial charge < -0.3 is 14.9 Å². The zero-order valence-electron chi connectivity index (χ0n) is 18.1. The topological polar surface area (TPSA) is 46.1 Å². The Labute approximate surface area is 180 Å². The van der Waals surface area contributed by atoms with Gasteiger partial charge in [0.1, 0.15) is 0 Å². The highest BCUT2D eigenvalue weighted by molar-refractivity contribution is 5.90. The lowest BCUT2D eigenvalue weighted by Gasteiger charge is -2.33. The van der Waals surface area contributed by atoms with Gasteiger partial charge in [-0.1, -0.05) is 49.7 Å². The molecule has 1 N–H and O–H groups in total. The van der Waals surface area contributed by atoms with E-state index in [9.17, 15) is 0 Å². The molecule has 0 bridgehead atoms. The summed E-state index contributed by atoms with van der Waals surface area (Å²) in [5.74, 6) is 2.06. The van der Waals surface area contributed by atoms with Gasteiger partial charge in [-0.05, 0) is 36.6 Å². The fraction of sp³-hybridized carbons (Fsp3) is 0.480. The van der Waals surface area contributed by atoms with Crippen molar-refractivity contribution in [3.05, 3.63) is 59.7 Å². The van der Waals surface area contributed by atoms with E-state index in [2.05, 4.69) is 70.9 Å². The molecule has 0 saturated carbocycles. The second-order valence-electron chi connectivity index (χ2n) is 8.13. The van der Waals surface area contributed by atoms with Crippen LogP contribution in [0.25, 0.3) is 0 Å². The Kier molecular flexibility index (Phi) is 6.90. The van der Waals surface area contributed by atoms with Crippen LogP contribution in [0.5, 0.6) is 11.5 Å². The van der Waals surface area contributed by atoms with E-state index in [1.165, 1.54) is 16.8 Å². The second kappa shape index (κ2) is 9.98.